The molecule has 1 aliphatic heterocycles. The maximum atomic E-state index is 12.5. The van der Waals surface area contributed by atoms with Crippen molar-refractivity contribution in [2.75, 3.05) is 46.3 Å². The van der Waals surface area contributed by atoms with E-state index in [1.165, 1.54) is 15.7 Å². The van der Waals surface area contributed by atoms with E-state index in [2.05, 4.69) is 15.0 Å². The van der Waals surface area contributed by atoms with Crippen LogP contribution in [0.25, 0.3) is 10.7 Å². The molecule has 0 bridgehead atoms. The predicted octanol–water partition coefficient (Wildman–Crippen LogP) is 1.44. The van der Waals surface area contributed by atoms with Gasteiger partial charge in [-0.2, -0.15) is 27.3 Å². The second-order valence-electron chi connectivity index (χ2n) is 6.57. The third-order valence-corrected chi connectivity index (χ3v) is 7.52. The van der Waals surface area contributed by atoms with Gasteiger partial charge in [0.15, 0.2) is 0 Å². The molecule has 0 radical (unpaired) electrons. The molecule has 152 valence electrons. The van der Waals surface area contributed by atoms with Crippen LogP contribution in [-0.4, -0.2) is 78.4 Å². The Hall–Kier alpha value is -1.84. The van der Waals surface area contributed by atoms with Crippen LogP contribution in [0.2, 0.25) is 0 Å². The van der Waals surface area contributed by atoms with E-state index in [1.807, 2.05) is 23.6 Å². The number of thiophene rings is 1. The molecule has 0 spiro atoms. The zero-order valence-electron chi connectivity index (χ0n) is 15.8. The van der Waals surface area contributed by atoms with Gasteiger partial charge in [-0.05, 0) is 24.4 Å². The summed E-state index contributed by atoms with van der Waals surface area (Å²) in [7, 11) is -1.96. The topological polar surface area (TPSA) is 107 Å². The molecular formula is C17H24N6O3S2. The summed E-state index contributed by atoms with van der Waals surface area (Å²) in [6, 6.07) is 5.90. The first-order valence-electron chi connectivity index (χ1n) is 9.18. The van der Waals surface area contributed by atoms with Gasteiger partial charge in [-0.15, -0.1) is 11.3 Å². The number of rotatable bonds is 9. The van der Waals surface area contributed by atoms with Gasteiger partial charge < -0.3 is 9.42 Å². The average molecular weight is 425 g/mol. The van der Waals surface area contributed by atoms with Crippen LogP contribution in [0, 0.1) is 11.3 Å². The largest absolute Gasteiger partial charge is 0.339 e. The van der Waals surface area contributed by atoms with Crippen LogP contribution in [0.3, 0.4) is 0 Å². The highest BCUT2D eigenvalue weighted by atomic mass is 32.2. The Morgan fingerprint density at radius 1 is 1.36 bits per heavy atom. The van der Waals surface area contributed by atoms with Crippen molar-refractivity contribution >= 4 is 21.5 Å². The molecule has 11 heteroatoms. The van der Waals surface area contributed by atoms with Gasteiger partial charge >= 0.3 is 0 Å². The smallest absolute Gasteiger partial charge is 0.281 e. The van der Waals surface area contributed by atoms with Crippen LogP contribution < -0.4 is 0 Å². The van der Waals surface area contributed by atoms with Gasteiger partial charge in [0.1, 0.15) is 0 Å². The van der Waals surface area contributed by atoms with Gasteiger partial charge in [0.25, 0.3) is 10.2 Å². The monoisotopic (exact) mass is 424 g/mol. The molecule has 1 saturated heterocycles. The number of piperazine rings is 1. The normalized spacial score (nSPS) is 16.5. The second kappa shape index (κ2) is 9.58. The van der Waals surface area contributed by atoms with E-state index in [0.717, 1.165) is 17.8 Å². The van der Waals surface area contributed by atoms with E-state index in [4.69, 9.17) is 9.78 Å². The number of aryl methyl sites for hydroxylation is 1. The lowest BCUT2D eigenvalue weighted by Crippen LogP contribution is -2.52. The summed E-state index contributed by atoms with van der Waals surface area (Å²) in [6.45, 7) is 3.38. The predicted molar refractivity (Wildman–Crippen MR) is 106 cm³/mol. The molecule has 0 aromatic carbocycles. The number of hydrogen-bond donors (Lipinski definition) is 0. The van der Waals surface area contributed by atoms with Gasteiger partial charge in [-0.1, -0.05) is 11.2 Å². The van der Waals surface area contributed by atoms with E-state index in [9.17, 15) is 8.42 Å². The molecule has 3 rings (SSSR count). The van der Waals surface area contributed by atoms with Gasteiger partial charge in [-0.3, -0.25) is 0 Å². The summed E-state index contributed by atoms with van der Waals surface area (Å²) >= 11 is 1.58. The number of nitrogens with zero attached hydrogens (tertiary/aromatic N) is 6. The van der Waals surface area contributed by atoms with Crippen molar-refractivity contribution in [2.24, 2.45) is 0 Å². The Bertz CT molecular complexity index is 882. The Balaban J connectivity index is 1.41. The van der Waals surface area contributed by atoms with Crippen LogP contribution in [0.15, 0.2) is 22.0 Å². The molecular weight excluding hydrogens is 400 g/mol. The molecule has 1 aliphatic rings. The van der Waals surface area contributed by atoms with Crippen LogP contribution in [0.4, 0.5) is 0 Å². The second-order valence-corrected chi connectivity index (χ2v) is 9.55. The van der Waals surface area contributed by atoms with Gasteiger partial charge in [0.05, 0.1) is 10.9 Å². The van der Waals surface area contributed by atoms with Crippen molar-refractivity contribution in [1.82, 2.24) is 23.7 Å². The Morgan fingerprint density at radius 3 is 2.82 bits per heavy atom. The van der Waals surface area contributed by atoms with Crippen LogP contribution in [0.1, 0.15) is 18.7 Å². The number of hydrogen-bond acceptors (Lipinski definition) is 8. The van der Waals surface area contributed by atoms with Crippen molar-refractivity contribution in [3.63, 3.8) is 0 Å². The first-order chi connectivity index (χ1) is 13.5. The Labute approximate surface area is 169 Å². The fourth-order valence-corrected chi connectivity index (χ4v) is 5.01. The summed E-state index contributed by atoms with van der Waals surface area (Å²) in [5, 5.41) is 14.6. The highest BCUT2D eigenvalue weighted by Crippen LogP contribution is 2.21. The van der Waals surface area contributed by atoms with Gasteiger partial charge in [-0.25, -0.2) is 0 Å². The molecule has 0 amide bonds. The summed E-state index contributed by atoms with van der Waals surface area (Å²) < 4.78 is 33.0. The van der Waals surface area contributed by atoms with E-state index >= 15 is 0 Å². The highest BCUT2D eigenvalue weighted by molar-refractivity contribution is 7.86. The van der Waals surface area contributed by atoms with E-state index in [0.29, 0.717) is 44.3 Å². The minimum absolute atomic E-state index is 0.194. The molecule has 28 heavy (non-hydrogen) atoms. The minimum atomic E-state index is -3.48. The zero-order chi connectivity index (χ0) is 20.0. The molecule has 0 unspecified atom stereocenters. The summed E-state index contributed by atoms with van der Waals surface area (Å²) in [5.41, 5.74) is 0. The molecule has 2 aromatic heterocycles. The van der Waals surface area contributed by atoms with Crippen molar-refractivity contribution < 1.29 is 12.9 Å². The number of aromatic nitrogens is 2. The first kappa shape index (κ1) is 20.9. The fraction of sp³-hybridized carbons (Fsp3) is 0.588. The average Bonchev–Trinajstić information content (AvgIpc) is 3.38. The molecule has 3 heterocycles. The molecule has 0 aliphatic carbocycles. The van der Waals surface area contributed by atoms with Gasteiger partial charge in [0.2, 0.25) is 11.7 Å². The first-order valence-corrected chi connectivity index (χ1v) is 11.5. The lowest BCUT2D eigenvalue weighted by Gasteiger charge is -2.35. The molecule has 0 saturated carbocycles. The summed E-state index contributed by atoms with van der Waals surface area (Å²) in [4.78, 5) is 7.66. The SMILES string of the molecule is CN(CCC#N)S(=O)(=O)N1CCN(CCCc2nc(-c3cccs3)no2)CC1. The molecule has 2 aromatic rings. The molecule has 9 nitrogen and oxygen atoms in total. The zero-order valence-corrected chi connectivity index (χ0v) is 17.5. The quantitative estimate of drug-likeness (QED) is 0.599. The van der Waals surface area contributed by atoms with Crippen LogP contribution in [0.5, 0.6) is 0 Å². The van der Waals surface area contributed by atoms with Crippen LogP contribution in [-0.2, 0) is 16.6 Å². The maximum Gasteiger partial charge on any atom is 0.281 e. The standard InChI is InChI=1S/C17H24N6O3S2/c1-21(8-4-7-18)28(24,25)23-12-10-22(11-13-23)9-2-6-16-19-17(20-26-16)15-5-3-14-27-15/h3,5,14H,2,4,6,8-13H2,1H3. The van der Waals surface area contributed by atoms with E-state index in [-0.39, 0.29) is 13.0 Å². The highest BCUT2D eigenvalue weighted by Gasteiger charge is 2.29. The lowest BCUT2D eigenvalue weighted by atomic mass is 10.2. The fourth-order valence-electron chi connectivity index (χ4n) is 3.02. The number of nitriles is 1. The van der Waals surface area contributed by atoms with Crippen molar-refractivity contribution in [3.8, 4) is 16.8 Å². The molecule has 0 atom stereocenters. The molecule has 1 fully saturated rings. The lowest BCUT2D eigenvalue weighted by molar-refractivity contribution is 0.180. The Kier molecular flexibility index (Phi) is 7.14. The van der Waals surface area contributed by atoms with Gasteiger partial charge in [0, 0.05) is 52.6 Å². The summed E-state index contributed by atoms with van der Waals surface area (Å²) in [5.74, 6) is 1.26. The van der Waals surface area contributed by atoms with E-state index in [1.54, 1.807) is 11.3 Å². The van der Waals surface area contributed by atoms with Crippen molar-refractivity contribution in [2.45, 2.75) is 19.3 Å². The third kappa shape index (κ3) is 5.15. The van der Waals surface area contributed by atoms with E-state index < -0.39 is 10.2 Å². The maximum absolute atomic E-state index is 12.5. The molecule has 0 N–H and O–H groups in total. The van der Waals surface area contributed by atoms with Crippen molar-refractivity contribution in [3.05, 3.63) is 23.4 Å². The Morgan fingerprint density at radius 2 is 2.14 bits per heavy atom. The third-order valence-electron chi connectivity index (χ3n) is 4.66. The van der Waals surface area contributed by atoms with Crippen LogP contribution >= 0.6 is 11.3 Å². The van der Waals surface area contributed by atoms with Crippen molar-refractivity contribution in [1.29, 1.82) is 5.26 Å². The minimum Gasteiger partial charge on any atom is -0.339 e. The summed E-state index contributed by atoms with van der Waals surface area (Å²) in [6.07, 6.45) is 1.77.